The van der Waals surface area contributed by atoms with E-state index in [-0.39, 0.29) is 22.7 Å². The summed E-state index contributed by atoms with van der Waals surface area (Å²) in [4.78, 5) is 14.7. The number of nitrogens with zero attached hydrogens (tertiary/aromatic N) is 1. The molecule has 4 rings (SSSR count). The Morgan fingerprint density at radius 1 is 1.15 bits per heavy atom. The number of anilines is 1. The molecule has 5 nitrogen and oxygen atoms in total. The highest BCUT2D eigenvalue weighted by Crippen LogP contribution is 2.29. The molecular weight excluding hydrogens is 355 g/mol. The summed E-state index contributed by atoms with van der Waals surface area (Å²) in [6, 6.07) is 10.5. The van der Waals surface area contributed by atoms with Crippen LogP contribution < -0.4 is 9.62 Å². The molecule has 0 bridgehead atoms. The lowest BCUT2D eigenvalue weighted by molar-refractivity contribution is 0.0985. The Bertz CT molecular complexity index is 970. The maximum Gasteiger partial charge on any atom is 0.258 e. The van der Waals surface area contributed by atoms with E-state index in [0.29, 0.717) is 17.8 Å². The monoisotopic (exact) mass is 374 g/mol. The van der Waals surface area contributed by atoms with Gasteiger partial charge in [-0.1, -0.05) is 6.07 Å². The predicted molar refractivity (Wildman–Crippen MR) is 96.2 cm³/mol. The summed E-state index contributed by atoms with van der Waals surface area (Å²) in [7, 11) is -3.62. The van der Waals surface area contributed by atoms with Gasteiger partial charge in [0, 0.05) is 23.8 Å². The van der Waals surface area contributed by atoms with Crippen LogP contribution in [-0.2, 0) is 16.4 Å². The van der Waals surface area contributed by atoms with E-state index >= 15 is 0 Å². The van der Waals surface area contributed by atoms with E-state index < -0.39 is 10.0 Å². The topological polar surface area (TPSA) is 66.5 Å². The van der Waals surface area contributed by atoms with Crippen LogP contribution in [0.1, 0.15) is 35.2 Å². The molecule has 0 atom stereocenters. The Morgan fingerprint density at radius 2 is 1.96 bits per heavy atom. The van der Waals surface area contributed by atoms with Crippen LogP contribution in [-0.4, -0.2) is 26.9 Å². The standard InChI is InChI=1S/C19H19FN2O3S/c20-15-6-9-18-13(11-15)4-2-10-22(18)19(23)14-3-1-5-17(12-14)26(24,25)21-16-7-8-16/h1,3,5-6,9,11-12,16,21H,2,4,7-8,10H2. The number of nitrogens with one attached hydrogen (secondary N) is 1. The SMILES string of the molecule is O=C(c1cccc(S(=O)(=O)NC2CC2)c1)N1CCCc2cc(F)ccc21. The summed E-state index contributed by atoms with van der Waals surface area (Å²) in [5, 5.41) is 0. The van der Waals surface area contributed by atoms with E-state index in [2.05, 4.69) is 4.72 Å². The first-order chi connectivity index (χ1) is 12.4. The number of sulfonamides is 1. The number of carbonyl (C=O) groups is 1. The molecule has 1 fully saturated rings. The van der Waals surface area contributed by atoms with E-state index in [4.69, 9.17) is 0 Å². The summed E-state index contributed by atoms with van der Waals surface area (Å²) in [6.45, 7) is 0.523. The number of aryl methyl sites for hydroxylation is 1. The summed E-state index contributed by atoms with van der Waals surface area (Å²) in [6.07, 6.45) is 3.15. The first kappa shape index (κ1) is 17.2. The fraction of sp³-hybridized carbons (Fsp3) is 0.316. The molecule has 2 aromatic carbocycles. The minimum Gasteiger partial charge on any atom is -0.308 e. The number of hydrogen-bond donors (Lipinski definition) is 1. The van der Waals surface area contributed by atoms with E-state index in [1.54, 1.807) is 23.1 Å². The Kier molecular flexibility index (Phi) is 4.28. The van der Waals surface area contributed by atoms with Crippen LogP contribution in [0.25, 0.3) is 0 Å². The smallest absolute Gasteiger partial charge is 0.258 e. The molecule has 0 radical (unpaired) electrons. The maximum atomic E-state index is 13.5. The van der Waals surface area contributed by atoms with E-state index in [9.17, 15) is 17.6 Å². The van der Waals surface area contributed by atoms with Crippen molar-refractivity contribution < 1.29 is 17.6 Å². The Balaban J connectivity index is 1.64. The number of carbonyl (C=O) groups excluding carboxylic acids is 1. The number of amides is 1. The van der Waals surface area contributed by atoms with Gasteiger partial charge in [-0.05, 0) is 67.6 Å². The van der Waals surface area contributed by atoms with Gasteiger partial charge in [0.15, 0.2) is 0 Å². The van der Waals surface area contributed by atoms with Gasteiger partial charge in [-0.2, -0.15) is 0 Å². The van der Waals surface area contributed by atoms with E-state index in [1.165, 1.54) is 24.3 Å². The molecule has 1 heterocycles. The molecular formula is C19H19FN2O3S. The highest BCUT2D eigenvalue weighted by molar-refractivity contribution is 7.89. The zero-order valence-corrected chi connectivity index (χ0v) is 14.9. The second kappa shape index (κ2) is 6.48. The number of halogens is 1. The number of rotatable bonds is 4. The van der Waals surface area contributed by atoms with Gasteiger partial charge in [0.25, 0.3) is 5.91 Å². The molecule has 2 aliphatic rings. The molecule has 136 valence electrons. The molecule has 1 saturated carbocycles. The highest BCUT2D eigenvalue weighted by atomic mass is 32.2. The van der Waals surface area contributed by atoms with Gasteiger partial charge in [-0.3, -0.25) is 4.79 Å². The summed E-state index contributed by atoms with van der Waals surface area (Å²) in [5.41, 5.74) is 1.79. The third-order valence-corrected chi connectivity index (χ3v) is 6.21. The summed E-state index contributed by atoms with van der Waals surface area (Å²) in [5.74, 6) is -0.599. The largest absolute Gasteiger partial charge is 0.308 e. The zero-order valence-electron chi connectivity index (χ0n) is 14.1. The molecule has 1 aliphatic carbocycles. The number of hydrogen-bond acceptors (Lipinski definition) is 3. The van der Waals surface area contributed by atoms with Crippen LogP contribution in [0.15, 0.2) is 47.4 Å². The fourth-order valence-electron chi connectivity index (χ4n) is 3.22. The first-order valence-corrected chi connectivity index (χ1v) is 10.1. The van der Waals surface area contributed by atoms with Gasteiger partial charge in [0.1, 0.15) is 5.82 Å². The summed E-state index contributed by atoms with van der Waals surface area (Å²) >= 11 is 0. The third kappa shape index (κ3) is 3.37. The fourth-order valence-corrected chi connectivity index (χ4v) is 4.57. The lowest BCUT2D eigenvalue weighted by Gasteiger charge is -2.29. The van der Waals surface area contributed by atoms with Crippen molar-refractivity contribution in [1.82, 2.24) is 4.72 Å². The minimum absolute atomic E-state index is 0.00299. The van der Waals surface area contributed by atoms with Crippen molar-refractivity contribution in [1.29, 1.82) is 0 Å². The van der Waals surface area contributed by atoms with Gasteiger partial charge in [0.05, 0.1) is 4.90 Å². The second-order valence-corrected chi connectivity index (χ2v) is 8.47. The molecule has 1 aliphatic heterocycles. The molecule has 0 saturated heterocycles. The van der Waals surface area contributed by atoms with E-state index in [0.717, 1.165) is 31.2 Å². The number of benzene rings is 2. The summed E-state index contributed by atoms with van der Waals surface area (Å²) < 4.78 is 40.9. The van der Waals surface area contributed by atoms with Crippen molar-refractivity contribution in [2.24, 2.45) is 0 Å². The average molecular weight is 374 g/mol. The zero-order chi connectivity index (χ0) is 18.3. The minimum atomic E-state index is -3.62. The molecule has 0 unspecified atom stereocenters. The molecule has 7 heteroatoms. The molecule has 1 amide bonds. The van der Waals surface area contributed by atoms with Gasteiger partial charge in [0.2, 0.25) is 10.0 Å². The molecule has 26 heavy (non-hydrogen) atoms. The molecule has 2 aromatic rings. The van der Waals surface area contributed by atoms with E-state index in [1.807, 2.05) is 0 Å². The number of fused-ring (bicyclic) bond motifs is 1. The molecule has 0 spiro atoms. The van der Waals surface area contributed by atoms with Crippen molar-refractivity contribution >= 4 is 21.6 Å². The average Bonchev–Trinajstić information content (AvgIpc) is 3.44. The van der Waals surface area contributed by atoms with Crippen LogP contribution in [0.3, 0.4) is 0 Å². The quantitative estimate of drug-likeness (QED) is 0.895. The Morgan fingerprint density at radius 3 is 2.73 bits per heavy atom. The van der Waals surface area contributed by atoms with Crippen LogP contribution >= 0.6 is 0 Å². The molecule has 0 aromatic heterocycles. The van der Waals surface area contributed by atoms with Gasteiger partial charge < -0.3 is 4.90 Å². The van der Waals surface area contributed by atoms with Crippen LogP contribution in [0, 0.1) is 5.82 Å². The van der Waals surface area contributed by atoms with Crippen LogP contribution in [0.4, 0.5) is 10.1 Å². The van der Waals surface area contributed by atoms with Crippen molar-refractivity contribution in [2.75, 3.05) is 11.4 Å². The van der Waals surface area contributed by atoms with Crippen molar-refractivity contribution in [3.8, 4) is 0 Å². The molecule has 1 N–H and O–H groups in total. The van der Waals surface area contributed by atoms with Crippen molar-refractivity contribution in [2.45, 2.75) is 36.6 Å². The Labute approximate surface area is 151 Å². The first-order valence-electron chi connectivity index (χ1n) is 8.67. The normalized spacial score (nSPS) is 17.0. The van der Waals surface area contributed by atoms with Crippen molar-refractivity contribution in [3.05, 3.63) is 59.4 Å². The van der Waals surface area contributed by atoms with Gasteiger partial charge in [-0.15, -0.1) is 0 Å². The second-order valence-electron chi connectivity index (χ2n) is 6.76. The third-order valence-electron chi connectivity index (χ3n) is 4.70. The predicted octanol–water partition coefficient (Wildman–Crippen LogP) is 2.86. The lowest BCUT2D eigenvalue weighted by atomic mass is 10.0. The Hall–Kier alpha value is -2.25. The maximum absolute atomic E-state index is 13.5. The van der Waals surface area contributed by atoms with Gasteiger partial charge in [-0.25, -0.2) is 17.5 Å². The lowest BCUT2D eigenvalue weighted by Crippen LogP contribution is -2.35. The highest BCUT2D eigenvalue weighted by Gasteiger charge is 2.29. The van der Waals surface area contributed by atoms with Gasteiger partial charge >= 0.3 is 0 Å². The van der Waals surface area contributed by atoms with Crippen molar-refractivity contribution in [3.63, 3.8) is 0 Å². The van der Waals surface area contributed by atoms with Crippen LogP contribution in [0.5, 0.6) is 0 Å². The van der Waals surface area contributed by atoms with Crippen LogP contribution in [0.2, 0.25) is 0 Å².